The second-order valence-corrected chi connectivity index (χ2v) is 4.37. The number of hydrogen-bond donors (Lipinski definition) is 2. The monoisotopic (exact) mass is 250 g/mol. The van der Waals surface area contributed by atoms with E-state index in [2.05, 4.69) is 15.3 Å². The number of aromatic nitrogens is 2. The minimum absolute atomic E-state index is 0.444. The van der Waals surface area contributed by atoms with E-state index < -0.39 is 12.0 Å². The lowest BCUT2D eigenvalue weighted by atomic mass is 10.2. The molecule has 0 bridgehead atoms. The summed E-state index contributed by atoms with van der Waals surface area (Å²) >= 11 is 0. The fraction of sp³-hybridized carbons (Fsp3) is 0.583. The van der Waals surface area contributed by atoms with E-state index in [0.29, 0.717) is 24.7 Å². The van der Waals surface area contributed by atoms with Crippen LogP contribution in [-0.2, 0) is 11.2 Å². The van der Waals surface area contributed by atoms with Crippen molar-refractivity contribution in [1.82, 2.24) is 15.3 Å². The standard InChI is InChI=1S/C12H18N4O2/c1-3-9-6-11(15-8(2)14-9)16-5-4-13-7-10(16)12(17)18/h6,10,13H,3-5,7H2,1-2H3,(H,17,18). The van der Waals surface area contributed by atoms with Crippen molar-refractivity contribution < 1.29 is 9.90 Å². The van der Waals surface area contributed by atoms with Crippen molar-refractivity contribution in [3.8, 4) is 0 Å². The summed E-state index contributed by atoms with van der Waals surface area (Å²) in [7, 11) is 0. The van der Waals surface area contributed by atoms with Crippen molar-refractivity contribution in [2.75, 3.05) is 24.5 Å². The SMILES string of the molecule is CCc1cc(N2CCNCC2C(=O)O)nc(C)n1. The van der Waals surface area contributed by atoms with Crippen molar-refractivity contribution in [3.63, 3.8) is 0 Å². The van der Waals surface area contributed by atoms with Gasteiger partial charge in [0.25, 0.3) is 0 Å². The first kappa shape index (κ1) is 12.8. The Bertz CT molecular complexity index is 450. The van der Waals surface area contributed by atoms with Gasteiger partial charge in [-0.2, -0.15) is 0 Å². The average molecular weight is 250 g/mol. The van der Waals surface area contributed by atoms with Gasteiger partial charge in [0.05, 0.1) is 0 Å². The second kappa shape index (κ2) is 5.30. The summed E-state index contributed by atoms with van der Waals surface area (Å²) in [5.74, 6) is 0.580. The third kappa shape index (κ3) is 2.59. The molecular formula is C12H18N4O2. The Morgan fingerprint density at radius 3 is 3.06 bits per heavy atom. The number of hydrogen-bond acceptors (Lipinski definition) is 5. The lowest BCUT2D eigenvalue weighted by molar-refractivity contribution is -0.138. The fourth-order valence-corrected chi connectivity index (χ4v) is 2.14. The van der Waals surface area contributed by atoms with Crippen LogP contribution in [-0.4, -0.2) is 46.7 Å². The molecule has 0 aliphatic carbocycles. The quantitative estimate of drug-likeness (QED) is 0.798. The normalized spacial score (nSPS) is 19.9. The molecule has 1 aliphatic heterocycles. The lowest BCUT2D eigenvalue weighted by Crippen LogP contribution is -2.55. The van der Waals surface area contributed by atoms with Gasteiger partial charge in [0, 0.05) is 31.4 Å². The maximum Gasteiger partial charge on any atom is 0.327 e. The van der Waals surface area contributed by atoms with Crippen molar-refractivity contribution in [3.05, 3.63) is 17.6 Å². The summed E-state index contributed by atoms with van der Waals surface area (Å²) < 4.78 is 0. The van der Waals surface area contributed by atoms with E-state index >= 15 is 0 Å². The molecule has 1 aromatic heterocycles. The van der Waals surface area contributed by atoms with Crippen molar-refractivity contribution in [1.29, 1.82) is 0 Å². The number of nitrogens with zero attached hydrogens (tertiary/aromatic N) is 3. The van der Waals surface area contributed by atoms with E-state index in [1.165, 1.54) is 0 Å². The Kier molecular flexibility index (Phi) is 3.76. The molecule has 0 saturated carbocycles. The Balaban J connectivity index is 2.33. The zero-order valence-corrected chi connectivity index (χ0v) is 10.7. The minimum atomic E-state index is -0.823. The molecule has 98 valence electrons. The molecule has 0 spiro atoms. The molecule has 0 radical (unpaired) electrons. The fourth-order valence-electron chi connectivity index (χ4n) is 2.14. The van der Waals surface area contributed by atoms with Crippen LogP contribution in [0.25, 0.3) is 0 Å². The third-order valence-corrected chi connectivity index (χ3v) is 3.06. The number of aliphatic carboxylic acids is 1. The zero-order valence-electron chi connectivity index (χ0n) is 10.7. The van der Waals surface area contributed by atoms with Crippen LogP contribution in [0.3, 0.4) is 0 Å². The van der Waals surface area contributed by atoms with E-state index in [1.807, 2.05) is 24.8 Å². The highest BCUT2D eigenvalue weighted by Crippen LogP contribution is 2.17. The number of carboxylic acid groups (broad SMARTS) is 1. The molecule has 0 amide bonds. The maximum atomic E-state index is 11.3. The summed E-state index contributed by atoms with van der Waals surface area (Å²) in [6.45, 7) is 5.73. The third-order valence-electron chi connectivity index (χ3n) is 3.06. The van der Waals surface area contributed by atoms with Gasteiger partial charge in [0.15, 0.2) is 0 Å². The molecule has 1 atom stereocenters. The number of nitrogens with one attached hydrogen (secondary N) is 1. The lowest BCUT2D eigenvalue weighted by Gasteiger charge is -2.34. The highest BCUT2D eigenvalue weighted by molar-refractivity contribution is 5.78. The van der Waals surface area contributed by atoms with E-state index in [0.717, 1.165) is 18.7 Å². The van der Waals surface area contributed by atoms with Crippen LogP contribution in [0.5, 0.6) is 0 Å². The first-order valence-corrected chi connectivity index (χ1v) is 6.16. The van der Waals surface area contributed by atoms with Crippen LogP contribution in [0.15, 0.2) is 6.07 Å². The molecule has 1 saturated heterocycles. The molecule has 18 heavy (non-hydrogen) atoms. The molecule has 6 nitrogen and oxygen atoms in total. The van der Waals surface area contributed by atoms with Gasteiger partial charge in [-0.25, -0.2) is 14.8 Å². The molecule has 1 aromatic rings. The number of anilines is 1. The maximum absolute atomic E-state index is 11.3. The van der Waals surface area contributed by atoms with Gasteiger partial charge < -0.3 is 15.3 Å². The first-order chi connectivity index (χ1) is 8.61. The molecule has 6 heteroatoms. The van der Waals surface area contributed by atoms with Crippen molar-refractivity contribution in [2.45, 2.75) is 26.3 Å². The van der Waals surface area contributed by atoms with Crippen molar-refractivity contribution >= 4 is 11.8 Å². The summed E-state index contributed by atoms with van der Waals surface area (Å²) in [6, 6.07) is 1.33. The van der Waals surface area contributed by atoms with E-state index in [1.54, 1.807) is 0 Å². The van der Waals surface area contributed by atoms with Crippen LogP contribution in [0.4, 0.5) is 5.82 Å². The molecule has 2 N–H and O–H groups in total. The molecule has 2 heterocycles. The Morgan fingerprint density at radius 2 is 2.39 bits per heavy atom. The Morgan fingerprint density at radius 1 is 1.61 bits per heavy atom. The molecular weight excluding hydrogens is 232 g/mol. The van der Waals surface area contributed by atoms with E-state index in [-0.39, 0.29) is 0 Å². The Hall–Kier alpha value is -1.69. The van der Waals surface area contributed by atoms with Crippen LogP contribution >= 0.6 is 0 Å². The zero-order chi connectivity index (χ0) is 13.1. The van der Waals surface area contributed by atoms with Crippen LogP contribution in [0.2, 0.25) is 0 Å². The summed E-state index contributed by atoms with van der Waals surface area (Å²) in [5.41, 5.74) is 0.945. The highest BCUT2D eigenvalue weighted by Gasteiger charge is 2.29. The van der Waals surface area contributed by atoms with Gasteiger partial charge in [0.1, 0.15) is 17.7 Å². The smallest absolute Gasteiger partial charge is 0.327 e. The number of piperazine rings is 1. The predicted molar refractivity (Wildman–Crippen MR) is 67.8 cm³/mol. The molecule has 2 rings (SSSR count). The predicted octanol–water partition coefficient (Wildman–Crippen LogP) is 0.210. The number of rotatable bonds is 3. The number of carboxylic acids is 1. The number of carbonyl (C=O) groups is 1. The molecule has 1 fully saturated rings. The van der Waals surface area contributed by atoms with Gasteiger partial charge >= 0.3 is 5.97 Å². The first-order valence-electron chi connectivity index (χ1n) is 6.16. The number of aryl methyl sites for hydroxylation is 2. The average Bonchev–Trinajstić information content (AvgIpc) is 2.38. The summed E-state index contributed by atoms with van der Waals surface area (Å²) in [4.78, 5) is 21.8. The minimum Gasteiger partial charge on any atom is -0.480 e. The van der Waals surface area contributed by atoms with Gasteiger partial charge in [-0.1, -0.05) is 6.92 Å². The molecule has 1 unspecified atom stereocenters. The highest BCUT2D eigenvalue weighted by atomic mass is 16.4. The summed E-state index contributed by atoms with van der Waals surface area (Å²) in [5, 5.41) is 12.3. The second-order valence-electron chi connectivity index (χ2n) is 4.37. The van der Waals surface area contributed by atoms with Gasteiger partial charge in [-0.05, 0) is 13.3 Å². The Labute approximate surface area is 106 Å². The molecule has 1 aliphatic rings. The van der Waals surface area contributed by atoms with Crippen LogP contribution in [0, 0.1) is 6.92 Å². The van der Waals surface area contributed by atoms with Gasteiger partial charge in [-0.15, -0.1) is 0 Å². The van der Waals surface area contributed by atoms with Crippen molar-refractivity contribution in [2.24, 2.45) is 0 Å². The topological polar surface area (TPSA) is 78.4 Å². The summed E-state index contributed by atoms with van der Waals surface area (Å²) in [6.07, 6.45) is 0.820. The largest absolute Gasteiger partial charge is 0.480 e. The van der Waals surface area contributed by atoms with E-state index in [9.17, 15) is 9.90 Å². The van der Waals surface area contributed by atoms with Gasteiger partial charge in [0.2, 0.25) is 0 Å². The van der Waals surface area contributed by atoms with Crippen LogP contribution in [0.1, 0.15) is 18.4 Å². The van der Waals surface area contributed by atoms with Crippen LogP contribution < -0.4 is 10.2 Å². The van der Waals surface area contributed by atoms with E-state index in [4.69, 9.17) is 0 Å². The molecule has 0 aromatic carbocycles. The van der Waals surface area contributed by atoms with Gasteiger partial charge in [-0.3, -0.25) is 0 Å².